The summed E-state index contributed by atoms with van der Waals surface area (Å²) in [7, 11) is 1.93. The maximum atomic E-state index is 6.24. The summed E-state index contributed by atoms with van der Waals surface area (Å²) < 4.78 is 0. The molecule has 0 fully saturated rings. The van der Waals surface area contributed by atoms with Gasteiger partial charge >= 0.3 is 0 Å². The summed E-state index contributed by atoms with van der Waals surface area (Å²) in [5.74, 6) is 1.11. The van der Waals surface area contributed by atoms with Gasteiger partial charge in [0, 0.05) is 28.8 Å². The molecule has 0 bridgehead atoms. The van der Waals surface area contributed by atoms with Gasteiger partial charge in [0.25, 0.3) is 0 Å². The van der Waals surface area contributed by atoms with E-state index in [1.165, 1.54) is 4.90 Å². The van der Waals surface area contributed by atoms with E-state index in [-0.39, 0.29) is 0 Å². The molecule has 0 unspecified atom stereocenters. The van der Waals surface area contributed by atoms with Crippen molar-refractivity contribution in [2.75, 3.05) is 32.4 Å². The third kappa shape index (κ3) is 5.19. The van der Waals surface area contributed by atoms with Crippen molar-refractivity contribution in [3.63, 3.8) is 0 Å². The van der Waals surface area contributed by atoms with Crippen LogP contribution in [0.1, 0.15) is 19.4 Å². The minimum Gasteiger partial charge on any atom is -0.316 e. The number of nitrogens with one attached hydrogen (secondary N) is 1. The lowest BCUT2D eigenvalue weighted by molar-refractivity contribution is 0.324. The van der Waals surface area contributed by atoms with Crippen LogP contribution in [0.3, 0.4) is 0 Å². The standard InChI is InChI=1S/C14H23ClN2S/c1-4-17(5-2)8-9-18-13-7-6-12(11-16-3)14(15)10-13/h6-7,10,16H,4-5,8-9,11H2,1-3H3. The summed E-state index contributed by atoms with van der Waals surface area (Å²) in [6, 6.07) is 6.34. The first-order valence-electron chi connectivity index (χ1n) is 6.49. The molecule has 0 heterocycles. The number of benzene rings is 1. The van der Waals surface area contributed by atoms with Crippen molar-refractivity contribution < 1.29 is 0 Å². The molecule has 1 aromatic carbocycles. The maximum absolute atomic E-state index is 6.24. The topological polar surface area (TPSA) is 15.3 Å². The van der Waals surface area contributed by atoms with E-state index in [1.807, 2.05) is 18.8 Å². The Balaban J connectivity index is 2.45. The molecule has 1 rings (SSSR count). The van der Waals surface area contributed by atoms with E-state index in [9.17, 15) is 0 Å². The van der Waals surface area contributed by atoms with Crippen LogP contribution in [0.2, 0.25) is 5.02 Å². The normalized spacial score (nSPS) is 11.2. The van der Waals surface area contributed by atoms with Gasteiger partial charge < -0.3 is 10.2 Å². The van der Waals surface area contributed by atoms with E-state index >= 15 is 0 Å². The first-order chi connectivity index (χ1) is 8.71. The minimum absolute atomic E-state index is 0.823. The number of nitrogens with zero attached hydrogens (tertiary/aromatic N) is 1. The van der Waals surface area contributed by atoms with Crippen molar-refractivity contribution in [3.8, 4) is 0 Å². The molecule has 1 N–H and O–H groups in total. The highest BCUT2D eigenvalue weighted by molar-refractivity contribution is 7.99. The Morgan fingerprint density at radius 1 is 1.28 bits per heavy atom. The van der Waals surface area contributed by atoms with E-state index in [0.29, 0.717) is 0 Å². The van der Waals surface area contributed by atoms with Gasteiger partial charge in [-0.1, -0.05) is 31.5 Å². The van der Waals surface area contributed by atoms with E-state index in [2.05, 4.69) is 42.3 Å². The second-order valence-electron chi connectivity index (χ2n) is 4.16. The Kier molecular flexibility index (Phi) is 7.75. The third-order valence-corrected chi connectivity index (χ3v) is 4.29. The Morgan fingerprint density at radius 3 is 2.56 bits per heavy atom. The van der Waals surface area contributed by atoms with Gasteiger partial charge in [-0.05, 0) is 37.8 Å². The Hall–Kier alpha value is -0.220. The van der Waals surface area contributed by atoms with Crippen molar-refractivity contribution in [2.45, 2.75) is 25.3 Å². The molecule has 0 aliphatic rings. The van der Waals surface area contributed by atoms with Crippen LogP contribution in [0.4, 0.5) is 0 Å². The molecule has 0 saturated heterocycles. The fraction of sp³-hybridized carbons (Fsp3) is 0.571. The van der Waals surface area contributed by atoms with Crippen LogP contribution in [-0.4, -0.2) is 37.3 Å². The molecular weight excluding hydrogens is 264 g/mol. The number of thioether (sulfide) groups is 1. The number of halogens is 1. The van der Waals surface area contributed by atoms with Crippen LogP contribution in [-0.2, 0) is 6.54 Å². The number of rotatable bonds is 8. The Bertz CT molecular complexity index is 354. The first-order valence-corrected chi connectivity index (χ1v) is 7.85. The zero-order chi connectivity index (χ0) is 13.4. The van der Waals surface area contributed by atoms with Gasteiger partial charge in [0.1, 0.15) is 0 Å². The molecule has 0 amide bonds. The highest BCUT2D eigenvalue weighted by Crippen LogP contribution is 2.25. The predicted molar refractivity (Wildman–Crippen MR) is 82.7 cm³/mol. The SMILES string of the molecule is CCN(CC)CCSc1ccc(CNC)c(Cl)c1. The summed E-state index contributed by atoms with van der Waals surface area (Å²) in [4.78, 5) is 3.69. The van der Waals surface area contributed by atoms with Crippen LogP contribution in [0, 0.1) is 0 Å². The van der Waals surface area contributed by atoms with Crippen molar-refractivity contribution in [1.29, 1.82) is 0 Å². The molecule has 2 nitrogen and oxygen atoms in total. The molecule has 0 atom stereocenters. The highest BCUT2D eigenvalue weighted by Gasteiger charge is 2.03. The quantitative estimate of drug-likeness (QED) is 0.737. The summed E-state index contributed by atoms with van der Waals surface area (Å²) >= 11 is 8.11. The fourth-order valence-corrected chi connectivity index (χ4v) is 3.05. The highest BCUT2D eigenvalue weighted by atomic mass is 35.5. The van der Waals surface area contributed by atoms with E-state index < -0.39 is 0 Å². The summed E-state index contributed by atoms with van der Waals surface area (Å²) in [5.41, 5.74) is 1.16. The van der Waals surface area contributed by atoms with Gasteiger partial charge in [-0.25, -0.2) is 0 Å². The van der Waals surface area contributed by atoms with E-state index in [4.69, 9.17) is 11.6 Å². The van der Waals surface area contributed by atoms with Crippen LogP contribution in [0.25, 0.3) is 0 Å². The summed E-state index contributed by atoms with van der Waals surface area (Å²) in [6.45, 7) is 8.61. The fourth-order valence-electron chi connectivity index (χ4n) is 1.78. The summed E-state index contributed by atoms with van der Waals surface area (Å²) in [5, 5.41) is 3.98. The van der Waals surface area contributed by atoms with Crippen molar-refractivity contribution in [3.05, 3.63) is 28.8 Å². The lowest BCUT2D eigenvalue weighted by Crippen LogP contribution is -2.25. The Labute approximate surface area is 120 Å². The van der Waals surface area contributed by atoms with Crippen molar-refractivity contribution >= 4 is 23.4 Å². The van der Waals surface area contributed by atoms with Gasteiger partial charge in [-0.3, -0.25) is 0 Å². The Morgan fingerprint density at radius 2 is 2.00 bits per heavy atom. The smallest absolute Gasteiger partial charge is 0.0462 e. The van der Waals surface area contributed by atoms with Gasteiger partial charge in [0.15, 0.2) is 0 Å². The molecule has 0 saturated carbocycles. The van der Waals surface area contributed by atoms with Crippen LogP contribution < -0.4 is 5.32 Å². The maximum Gasteiger partial charge on any atom is 0.0462 e. The largest absolute Gasteiger partial charge is 0.316 e. The van der Waals surface area contributed by atoms with Gasteiger partial charge in [-0.15, -0.1) is 11.8 Å². The lowest BCUT2D eigenvalue weighted by atomic mass is 10.2. The molecule has 4 heteroatoms. The summed E-state index contributed by atoms with van der Waals surface area (Å²) in [6.07, 6.45) is 0. The molecule has 0 aromatic heterocycles. The monoisotopic (exact) mass is 286 g/mol. The average molecular weight is 287 g/mol. The molecule has 1 aromatic rings. The third-order valence-electron chi connectivity index (χ3n) is 2.96. The molecule has 0 aliphatic heterocycles. The molecular formula is C14H23ClN2S. The van der Waals surface area contributed by atoms with Gasteiger partial charge in [-0.2, -0.15) is 0 Å². The lowest BCUT2D eigenvalue weighted by Gasteiger charge is -2.17. The van der Waals surface area contributed by atoms with Crippen molar-refractivity contribution in [1.82, 2.24) is 10.2 Å². The first kappa shape index (κ1) is 15.8. The number of hydrogen-bond donors (Lipinski definition) is 1. The molecule has 0 radical (unpaired) electrons. The number of hydrogen-bond acceptors (Lipinski definition) is 3. The average Bonchev–Trinajstić information content (AvgIpc) is 2.38. The molecule has 18 heavy (non-hydrogen) atoms. The second kappa shape index (κ2) is 8.81. The van der Waals surface area contributed by atoms with Crippen LogP contribution in [0.5, 0.6) is 0 Å². The second-order valence-corrected chi connectivity index (χ2v) is 5.73. The van der Waals surface area contributed by atoms with Crippen LogP contribution in [0.15, 0.2) is 23.1 Å². The molecule has 0 aliphatic carbocycles. The van der Waals surface area contributed by atoms with Gasteiger partial charge in [0.2, 0.25) is 0 Å². The van der Waals surface area contributed by atoms with Crippen LogP contribution >= 0.6 is 23.4 Å². The minimum atomic E-state index is 0.823. The van der Waals surface area contributed by atoms with Crippen molar-refractivity contribution in [2.24, 2.45) is 0 Å². The zero-order valence-corrected chi connectivity index (χ0v) is 13.1. The van der Waals surface area contributed by atoms with E-state index in [1.54, 1.807) is 0 Å². The molecule has 0 spiro atoms. The predicted octanol–water partition coefficient (Wildman–Crippen LogP) is 3.49. The van der Waals surface area contributed by atoms with E-state index in [0.717, 1.165) is 42.5 Å². The zero-order valence-electron chi connectivity index (χ0n) is 11.5. The molecule has 102 valence electrons. The van der Waals surface area contributed by atoms with Gasteiger partial charge in [0.05, 0.1) is 0 Å².